The van der Waals surface area contributed by atoms with E-state index in [4.69, 9.17) is 57.8 Å². The number of unbranched alkanes of at least 4 members (excludes halogenated alkanes) is 5. The number of hydrogen-bond acceptors (Lipinski definition) is 12. The van der Waals surface area contributed by atoms with Crippen LogP contribution in [0.25, 0.3) is 0 Å². The average molecular weight is 690 g/mol. The Morgan fingerprint density at radius 1 is 0.375 bits per heavy atom. The van der Waals surface area contributed by atoms with Crippen LogP contribution in [-0.2, 0) is 53.8 Å². The van der Waals surface area contributed by atoms with Gasteiger partial charge in [-0.2, -0.15) is 0 Å². The summed E-state index contributed by atoms with van der Waals surface area (Å²) >= 11 is 0. The fourth-order valence-corrected chi connectivity index (χ4v) is 4.24. The molecule has 0 unspecified atom stereocenters. The molecule has 0 atom stereocenters. The van der Waals surface area contributed by atoms with Gasteiger partial charge in [0.25, 0.3) is 0 Å². The van der Waals surface area contributed by atoms with Gasteiger partial charge in [0.1, 0.15) is 12.4 Å². The smallest absolute Gasteiger partial charge is 0.119 e. The van der Waals surface area contributed by atoms with Crippen molar-refractivity contribution in [3.8, 4) is 5.75 Å². The lowest BCUT2D eigenvalue weighted by atomic mass is 10.0. The molecule has 12 heteroatoms. The second-order valence-corrected chi connectivity index (χ2v) is 10.9. The molecule has 0 saturated carbocycles. The molecule has 0 amide bonds. The summed E-state index contributed by atoms with van der Waals surface area (Å²) in [4.78, 5) is 0. The molecule has 2 N–H and O–H groups in total. The van der Waals surface area contributed by atoms with Crippen molar-refractivity contribution in [3.05, 3.63) is 29.8 Å². The molecule has 0 aromatic heterocycles. The van der Waals surface area contributed by atoms with Crippen LogP contribution in [0.2, 0.25) is 0 Å². The van der Waals surface area contributed by atoms with E-state index in [0.717, 1.165) is 12.2 Å². The first-order chi connectivity index (χ1) is 23.9. The Balaban J connectivity index is 1.69. The predicted octanol–water partition coefficient (Wildman–Crippen LogP) is 4.09. The van der Waals surface area contributed by atoms with Crippen LogP contribution in [-0.4, -0.2) is 145 Å². The van der Waals surface area contributed by atoms with Gasteiger partial charge in [-0.05, 0) is 30.5 Å². The van der Waals surface area contributed by atoms with Crippen molar-refractivity contribution in [2.24, 2.45) is 5.73 Å². The second kappa shape index (κ2) is 38.4. The molecule has 0 bridgehead atoms. The minimum atomic E-state index is 0.515. The van der Waals surface area contributed by atoms with Crippen LogP contribution in [0.3, 0.4) is 0 Å². The van der Waals surface area contributed by atoms with Gasteiger partial charge in [-0.1, -0.05) is 51.2 Å². The minimum Gasteiger partial charge on any atom is -0.491 e. The fraction of sp³-hybridized carbons (Fsp3) is 0.833. The molecule has 0 aliphatic carbocycles. The van der Waals surface area contributed by atoms with Crippen molar-refractivity contribution in [2.75, 3.05) is 145 Å². The van der Waals surface area contributed by atoms with Crippen molar-refractivity contribution in [3.63, 3.8) is 0 Å². The van der Waals surface area contributed by atoms with Crippen LogP contribution >= 0.6 is 0 Å². The maximum absolute atomic E-state index is 5.77. The summed E-state index contributed by atoms with van der Waals surface area (Å²) in [6.45, 7) is 13.8. The van der Waals surface area contributed by atoms with Crippen molar-refractivity contribution in [2.45, 2.75) is 51.9 Å². The summed E-state index contributed by atoms with van der Waals surface area (Å²) in [5.41, 5.74) is 6.71. The molecular weight excluding hydrogens is 622 g/mol. The van der Waals surface area contributed by atoms with Crippen LogP contribution in [0.1, 0.15) is 51.0 Å². The maximum atomic E-state index is 5.77. The van der Waals surface area contributed by atoms with Gasteiger partial charge in [0.2, 0.25) is 0 Å². The molecule has 0 saturated heterocycles. The summed E-state index contributed by atoms with van der Waals surface area (Å²) < 4.78 is 60.4. The molecule has 1 aromatic carbocycles. The number of ether oxygens (including phenoxy) is 11. The van der Waals surface area contributed by atoms with Gasteiger partial charge in [0.15, 0.2) is 0 Å². The molecule has 12 nitrogen and oxygen atoms in total. The first kappa shape index (κ1) is 44.6. The normalized spacial score (nSPS) is 11.5. The molecular formula is C36H67NO11. The Bertz CT molecular complexity index is 745. The molecule has 48 heavy (non-hydrogen) atoms. The van der Waals surface area contributed by atoms with E-state index in [9.17, 15) is 0 Å². The molecule has 1 aromatic rings. The minimum absolute atomic E-state index is 0.515. The summed E-state index contributed by atoms with van der Waals surface area (Å²) in [6.07, 6.45) is 9.09. The van der Waals surface area contributed by atoms with E-state index >= 15 is 0 Å². The number of nitrogens with two attached hydrogens (primary N) is 1. The SMILES string of the molecule is CCCCCCCCc1ccc(OCCOCCOCCOCCOCCOCCOCCOCCOCCOCCOCCN)cc1. The summed E-state index contributed by atoms with van der Waals surface area (Å²) in [6, 6.07) is 8.44. The van der Waals surface area contributed by atoms with Crippen molar-refractivity contribution >= 4 is 0 Å². The van der Waals surface area contributed by atoms with Crippen LogP contribution in [0.4, 0.5) is 0 Å². The molecule has 0 heterocycles. The van der Waals surface area contributed by atoms with E-state index in [1.54, 1.807) is 0 Å². The number of rotatable bonds is 40. The van der Waals surface area contributed by atoms with Gasteiger partial charge in [0, 0.05) is 6.54 Å². The largest absolute Gasteiger partial charge is 0.491 e. The van der Waals surface area contributed by atoms with Crippen LogP contribution in [0.15, 0.2) is 24.3 Å². The summed E-state index contributed by atoms with van der Waals surface area (Å²) in [5, 5.41) is 0. The zero-order valence-corrected chi connectivity index (χ0v) is 29.9. The second-order valence-electron chi connectivity index (χ2n) is 10.9. The van der Waals surface area contributed by atoms with E-state index in [2.05, 4.69) is 31.2 Å². The molecule has 0 radical (unpaired) electrons. The Kier molecular flexibility index (Phi) is 35.7. The molecule has 282 valence electrons. The van der Waals surface area contributed by atoms with Gasteiger partial charge in [0.05, 0.1) is 132 Å². The Labute approximate surface area is 290 Å². The van der Waals surface area contributed by atoms with Crippen molar-refractivity contribution in [1.29, 1.82) is 0 Å². The Morgan fingerprint density at radius 2 is 0.688 bits per heavy atom. The summed E-state index contributed by atoms with van der Waals surface area (Å²) in [7, 11) is 0. The first-order valence-electron chi connectivity index (χ1n) is 18.1. The lowest BCUT2D eigenvalue weighted by molar-refractivity contribution is -0.0266. The highest BCUT2D eigenvalue weighted by molar-refractivity contribution is 5.27. The molecule has 0 aliphatic heterocycles. The molecule has 0 spiro atoms. The quantitative estimate of drug-likeness (QED) is 0.0998. The van der Waals surface area contributed by atoms with E-state index < -0.39 is 0 Å². The van der Waals surface area contributed by atoms with Gasteiger partial charge in [-0.15, -0.1) is 0 Å². The van der Waals surface area contributed by atoms with E-state index in [0.29, 0.717) is 145 Å². The standard InChI is InChI=1S/C36H67NO11/c1-2-3-4-5-6-7-8-35-9-11-36(12-10-35)48-34-33-47-32-31-46-30-29-45-28-27-44-26-25-43-24-23-42-22-21-41-20-19-40-18-17-39-16-15-38-14-13-37/h9-12H,2-8,13-34,37H2,1H3. The highest BCUT2D eigenvalue weighted by Gasteiger charge is 1.99. The molecule has 0 fully saturated rings. The molecule has 1 rings (SSSR count). The molecule has 0 aliphatic rings. The van der Waals surface area contributed by atoms with Crippen molar-refractivity contribution < 1.29 is 52.1 Å². The Hall–Kier alpha value is -1.42. The number of hydrogen-bond donors (Lipinski definition) is 1. The van der Waals surface area contributed by atoms with Crippen LogP contribution in [0.5, 0.6) is 5.75 Å². The first-order valence-corrected chi connectivity index (χ1v) is 18.1. The van der Waals surface area contributed by atoms with E-state index in [-0.39, 0.29) is 0 Å². The van der Waals surface area contributed by atoms with Crippen molar-refractivity contribution in [1.82, 2.24) is 0 Å². The van der Waals surface area contributed by atoms with Gasteiger partial charge >= 0.3 is 0 Å². The van der Waals surface area contributed by atoms with Crippen LogP contribution in [0, 0.1) is 0 Å². The van der Waals surface area contributed by atoms with Gasteiger partial charge in [-0.25, -0.2) is 0 Å². The third-order valence-electron chi connectivity index (χ3n) is 6.85. The predicted molar refractivity (Wildman–Crippen MR) is 186 cm³/mol. The van der Waals surface area contributed by atoms with Crippen LogP contribution < -0.4 is 10.5 Å². The number of aryl methyl sites for hydroxylation is 1. The van der Waals surface area contributed by atoms with E-state index in [1.165, 1.54) is 44.1 Å². The lowest BCUT2D eigenvalue weighted by Gasteiger charge is -2.09. The van der Waals surface area contributed by atoms with E-state index in [1.807, 2.05) is 0 Å². The fourth-order valence-electron chi connectivity index (χ4n) is 4.24. The highest BCUT2D eigenvalue weighted by atomic mass is 16.6. The van der Waals surface area contributed by atoms with Gasteiger partial charge in [-0.3, -0.25) is 0 Å². The zero-order chi connectivity index (χ0) is 34.3. The third-order valence-corrected chi connectivity index (χ3v) is 6.85. The monoisotopic (exact) mass is 689 g/mol. The summed E-state index contributed by atoms with van der Waals surface area (Å²) in [5.74, 6) is 0.886. The maximum Gasteiger partial charge on any atom is 0.119 e. The topological polar surface area (TPSA) is 128 Å². The highest BCUT2D eigenvalue weighted by Crippen LogP contribution is 2.15. The Morgan fingerprint density at radius 3 is 1.04 bits per heavy atom. The lowest BCUT2D eigenvalue weighted by Crippen LogP contribution is -2.15. The third kappa shape index (κ3) is 33.1. The average Bonchev–Trinajstić information content (AvgIpc) is 3.11. The number of benzene rings is 1. The van der Waals surface area contributed by atoms with Gasteiger partial charge < -0.3 is 57.8 Å². The zero-order valence-electron chi connectivity index (χ0n) is 29.9.